The highest BCUT2D eigenvalue weighted by atomic mass is 35.5. The molecular weight excluding hydrogens is 210 g/mol. The third-order valence-electron chi connectivity index (χ3n) is 3.93. The van der Waals surface area contributed by atoms with Crippen LogP contribution in [0.15, 0.2) is 0 Å². The lowest BCUT2D eigenvalue weighted by molar-refractivity contribution is -0.138. The van der Waals surface area contributed by atoms with Crippen molar-refractivity contribution in [3.05, 3.63) is 0 Å². The first-order valence-electron chi connectivity index (χ1n) is 5.90. The molecule has 0 radical (unpaired) electrons. The molecule has 0 spiro atoms. The number of halogens is 1. The summed E-state index contributed by atoms with van der Waals surface area (Å²) in [6.07, 6.45) is 3.99. The first-order chi connectivity index (χ1) is 7.04. The van der Waals surface area contributed by atoms with Crippen LogP contribution >= 0.6 is 11.6 Å². The largest absolute Gasteiger partial charge is 0.342 e. The lowest BCUT2D eigenvalue weighted by Crippen LogP contribution is -2.41. The number of carbonyl (C=O) groups excluding carboxylic acids is 1. The zero-order valence-electron chi connectivity index (χ0n) is 9.63. The number of nitrogens with zero attached hydrogens (tertiary/aromatic N) is 1. The summed E-state index contributed by atoms with van der Waals surface area (Å²) in [7, 11) is 0. The first-order valence-corrected chi connectivity index (χ1v) is 6.43. The number of amides is 1. The first kappa shape index (κ1) is 11.3. The third-order valence-corrected chi connectivity index (χ3v) is 4.59. The van der Waals surface area contributed by atoms with Crippen LogP contribution in [0.4, 0.5) is 0 Å². The van der Waals surface area contributed by atoms with Crippen molar-refractivity contribution in [2.75, 3.05) is 19.0 Å². The van der Waals surface area contributed by atoms with Gasteiger partial charge in [0.05, 0.1) is 5.41 Å². The normalized spacial score (nSPS) is 30.7. The van der Waals surface area contributed by atoms with Crippen molar-refractivity contribution in [3.8, 4) is 0 Å². The molecule has 2 nitrogen and oxygen atoms in total. The molecule has 0 N–H and O–H groups in total. The van der Waals surface area contributed by atoms with Gasteiger partial charge >= 0.3 is 0 Å². The van der Waals surface area contributed by atoms with Gasteiger partial charge in [-0.25, -0.2) is 0 Å². The number of fused-ring (bicyclic) bond motifs is 1. The lowest BCUT2D eigenvalue weighted by Gasteiger charge is -2.27. The van der Waals surface area contributed by atoms with Crippen LogP contribution in [0.1, 0.15) is 33.1 Å². The second kappa shape index (κ2) is 3.97. The monoisotopic (exact) mass is 229 g/mol. The van der Waals surface area contributed by atoms with Crippen LogP contribution in [0.3, 0.4) is 0 Å². The molecule has 1 aliphatic heterocycles. The Morgan fingerprint density at radius 3 is 2.33 bits per heavy atom. The smallest absolute Gasteiger partial charge is 0.229 e. The average molecular weight is 230 g/mol. The number of carbonyl (C=O) groups is 1. The predicted octanol–water partition coefficient (Wildman–Crippen LogP) is 2.51. The van der Waals surface area contributed by atoms with Gasteiger partial charge in [-0.1, -0.05) is 6.42 Å². The number of likely N-dealkylation sites (tertiary alicyclic amines) is 1. The molecule has 3 heteroatoms. The summed E-state index contributed by atoms with van der Waals surface area (Å²) in [5.74, 6) is 2.21. The van der Waals surface area contributed by atoms with Gasteiger partial charge in [-0.05, 0) is 38.5 Å². The highest BCUT2D eigenvalue weighted by Crippen LogP contribution is 2.39. The molecule has 0 aromatic rings. The van der Waals surface area contributed by atoms with E-state index in [1.54, 1.807) is 0 Å². The van der Waals surface area contributed by atoms with Crippen molar-refractivity contribution >= 4 is 17.5 Å². The number of hydrogen-bond acceptors (Lipinski definition) is 1. The van der Waals surface area contributed by atoms with Crippen molar-refractivity contribution in [2.24, 2.45) is 17.3 Å². The molecule has 1 heterocycles. The van der Waals surface area contributed by atoms with Crippen molar-refractivity contribution in [1.29, 1.82) is 0 Å². The zero-order valence-corrected chi connectivity index (χ0v) is 10.4. The lowest BCUT2D eigenvalue weighted by atomic mass is 9.94. The quantitative estimate of drug-likeness (QED) is 0.667. The van der Waals surface area contributed by atoms with E-state index < -0.39 is 0 Å². The molecule has 2 fully saturated rings. The van der Waals surface area contributed by atoms with Gasteiger partial charge < -0.3 is 4.90 Å². The fourth-order valence-electron chi connectivity index (χ4n) is 2.89. The molecule has 2 rings (SSSR count). The molecular formula is C12H20ClNO. The molecule has 2 unspecified atom stereocenters. The Morgan fingerprint density at radius 2 is 1.87 bits per heavy atom. The molecule has 86 valence electrons. The molecule has 2 atom stereocenters. The van der Waals surface area contributed by atoms with E-state index in [4.69, 9.17) is 11.6 Å². The van der Waals surface area contributed by atoms with E-state index in [0.29, 0.717) is 5.88 Å². The minimum atomic E-state index is -0.389. The topological polar surface area (TPSA) is 20.3 Å². The van der Waals surface area contributed by atoms with Crippen LogP contribution in [0, 0.1) is 17.3 Å². The van der Waals surface area contributed by atoms with Crippen molar-refractivity contribution in [3.63, 3.8) is 0 Å². The fourth-order valence-corrected chi connectivity index (χ4v) is 3.00. The summed E-state index contributed by atoms with van der Waals surface area (Å²) < 4.78 is 0. The van der Waals surface area contributed by atoms with Gasteiger partial charge in [-0.2, -0.15) is 0 Å². The van der Waals surface area contributed by atoms with Crippen LogP contribution in [0.25, 0.3) is 0 Å². The van der Waals surface area contributed by atoms with E-state index in [0.717, 1.165) is 24.9 Å². The van der Waals surface area contributed by atoms with E-state index in [2.05, 4.69) is 0 Å². The molecule has 1 saturated heterocycles. The highest BCUT2D eigenvalue weighted by Gasteiger charge is 2.41. The van der Waals surface area contributed by atoms with Gasteiger partial charge in [-0.15, -0.1) is 11.6 Å². The molecule has 0 aromatic carbocycles. The van der Waals surface area contributed by atoms with Crippen molar-refractivity contribution in [1.82, 2.24) is 4.90 Å². The molecule has 0 bridgehead atoms. The van der Waals surface area contributed by atoms with Crippen molar-refractivity contribution in [2.45, 2.75) is 33.1 Å². The van der Waals surface area contributed by atoms with Crippen LogP contribution in [-0.2, 0) is 4.79 Å². The van der Waals surface area contributed by atoms with E-state index >= 15 is 0 Å². The Balaban J connectivity index is 1.99. The Labute approximate surface area is 97.0 Å². The maximum atomic E-state index is 12.2. The van der Waals surface area contributed by atoms with Crippen LogP contribution < -0.4 is 0 Å². The van der Waals surface area contributed by atoms with Gasteiger partial charge in [0.2, 0.25) is 5.91 Å². The zero-order chi connectivity index (χ0) is 11.1. The minimum Gasteiger partial charge on any atom is -0.342 e. The molecule has 0 aromatic heterocycles. The van der Waals surface area contributed by atoms with Crippen LogP contribution in [0.2, 0.25) is 0 Å². The van der Waals surface area contributed by atoms with E-state index in [9.17, 15) is 4.79 Å². The van der Waals surface area contributed by atoms with E-state index in [1.807, 2.05) is 18.7 Å². The van der Waals surface area contributed by atoms with Gasteiger partial charge in [-0.3, -0.25) is 4.79 Å². The standard InChI is InChI=1S/C12H20ClNO/c1-12(2,8-13)11(15)14-6-9-4-3-5-10(9)7-14/h9-10H,3-8H2,1-2H3. The summed E-state index contributed by atoms with van der Waals surface area (Å²) in [4.78, 5) is 14.2. The van der Waals surface area contributed by atoms with Crippen LogP contribution in [0.5, 0.6) is 0 Å². The Hall–Kier alpha value is -0.240. The number of alkyl halides is 1. The second-order valence-corrected chi connectivity index (χ2v) is 5.95. The minimum absolute atomic E-state index is 0.243. The van der Waals surface area contributed by atoms with Gasteiger partial charge in [0.15, 0.2) is 0 Å². The molecule has 2 aliphatic rings. The number of hydrogen-bond donors (Lipinski definition) is 0. The molecule has 1 amide bonds. The Kier molecular flexibility index (Phi) is 2.98. The summed E-state index contributed by atoms with van der Waals surface area (Å²) in [6.45, 7) is 5.83. The van der Waals surface area contributed by atoms with Crippen LogP contribution in [-0.4, -0.2) is 29.8 Å². The molecule has 1 aliphatic carbocycles. The second-order valence-electron chi connectivity index (χ2n) is 5.68. The Bertz CT molecular complexity index is 252. The van der Waals surface area contributed by atoms with E-state index in [-0.39, 0.29) is 11.3 Å². The van der Waals surface area contributed by atoms with E-state index in [1.165, 1.54) is 19.3 Å². The van der Waals surface area contributed by atoms with Gasteiger partial charge in [0, 0.05) is 19.0 Å². The summed E-state index contributed by atoms with van der Waals surface area (Å²) in [5, 5.41) is 0. The number of rotatable bonds is 2. The summed E-state index contributed by atoms with van der Waals surface area (Å²) >= 11 is 5.84. The summed E-state index contributed by atoms with van der Waals surface area (Å²) in [5.41, 5.74) is -0.389. The van der Waals surface area contributed by atoms with Crippen molar-refractivity contribution < 1.29 is 4.79 Å². The summed E-state index contributed by atoms with van der Waals surface area (Å²) in [6, 6.07) is 0. The predicted molar refractivity (Wildman–Crippen MR) is 61.9 cm³/mol. The SMILES string of the molecule is CC(C)(CCl)C(=O)N1CC2CCCC2C1. The molecule has 1 saturated carbocycles. The fraction of sp³-hybridized carbons (Fsp3) is 0.917. The Morgan fingerprint density at radius 1 is 1.33 bits per heavy atom. The maximum absolute atomic E-state index is 12.2. The van der Waals surface area contributed by atoms with Gasteiger partial charge in [0.1, 0.15) is 0 Å². The maximum Gasteiger partial charge on any atom is 0.229 e. The average Bonchev–Trinajstić information content (AvgIpc) is 2.75. The highest BCUT2D eigenvalue weighted by molar-refractivity contribution is 6.19. The third kappa shape index (κ3) is 2.01. The molecule has 15 heavy (non-hydrogen) atoms. The van der Waals surface area contributed by atoms with Gasteiger partial charge in [0.25, 0.3) is 0 Å².